The molecule has 1 atom stereocenters. The summed E-state index contributed by atoms with van der Waals surface area (Å²) in [6.45, 7) is -0.950. The highest BCUT2D eigenvalue weighted by atomic mass is 19.3. The smallest absolute Gasteiger partial charge is 0.387 e. The summed E-state index contributed by atoms with van der Waals surface area (Å²) in [6.07, 6.45) is 0.197. The van der Waals surface area contributed by atoms with Gasteiger partial charge in [0.1, 0.15) is 5.75 Å². The number of nitrogens with one attached hydrogen (secondary N) is 1. The minimum absolute atomic E-state index is 0.0630. The number of carbonyl (C=O) groups excluding carboxylic acids is 1. The summed E-state index contributed by atoms with van der Waals surface area (Å²) in [5.41, 5.74) is 5.76. The molecule has 4 nitrogen and oxygen atoms in total. The molecule has 0 radical (unpaired) electrons. The van der Waals surface area contributed by atoms with Crippen LogP contribution >= 0.6 is 0 Å². The van der Waals surface area contributed by atoms with Crippen LogP contribution < -0.4 is 15.8 Å². The number of para-hydroxylation sites is 1. The van der Waals surface area contributed by atoms with Crippen LogP contribution in [-0.4, -0.2) is 19.1 Å². The highest BCUT2D eigenvalue weighted by molar-refractivity contribution is 5.76. The van der Waals surface area contributed by atoms with Gasteiger partial charge in [0.15, 0.2) is 0 Å². The van der Waals surface area contributed by atoms with Crippen LogP contribution in [0.25, 0.3) is 0 Å². The first-order chi connectivity index (χ1) is 8.54. The second kappa shape index (κ2) is 6.90. The molecule has 0 spiro atoms. The number of carbonyl (C=O) groups is 1. The maximum absolute atomic E-state index is 12.2. The Labute approximate surface area is 104 Å². The highest BCUT2D eigenvalue weighted by Gasteiger charge is 2.15. The number of hydrogen-bond donors (Lipinski definition) is 2. The molecule has 6 heteroatoms. The van der Waals surface area contributed by atoms with Gasteiger partial charge in [-0.2, -0.15) is 8.78 Å². The van der Waals surface area contributed by atoms with E-state index in [4.69, 9.17) is 5.73 Å². The van der Waals surface area contributed by atoms with Gasteiger partial charge < -0.3 is 15.8 Å². The van der Waals surface area contributed by atoms with Crippen LogP contribution in [0.4, 0.5) is 8.78 Å². The number of nitrogens with two attached hydrogens (primary N) is 1. The molecule has 1 unspecified atom stereocenters. The van der Waals surface area contributed by atoms with Gasteiger partial charge in [0, 0.05) is 18.5 Å². The van der Waals surface area contributed by atoms with Crippen molar-refractivity contribution >= 4 is 5.91 Å². The quantitative estimate of drug-likeness (QED) is 0.818. The van der Waals surface area contributed by atoms with Crippen LogP contribution in [0, 0.1) is 0 Å². The number of alkyl halides is 2. The molecule has 0 aliphatic carbocycles. The molecule has 0 heterocycles. The predicted molar refractivity (Wildman–Crippen MR) is 63.3 cm³/mol. The molecular formula is C12H16F2N2O2. The van der Waals surface area contributed by atoms with Crippen LogP contribution in [0.5, 0.6) is 5.75 Å². The Morgan fingerprint density at radius 2 is 2.11 bits per heavy atom. The Balaban J connectivity index is 2.78. The molecule has 1 rings (SSSR count). The number of rotatable bonds is 6. The van der Waals surface area contributed by atoms with E-state index in [1.807, 2.05) is 0 Å². The van der Waals surface area contributed by atoms with Crippen LogP contribution in [0.1, 0.15) is 24.9 Å². The topological polar surface area (TPSA) is 64.4 Å². The van der Waals surface area contributed by atoms with Gasteiger partial charge in [-0.05, 0) is 13.0 Å². The Kier molecular flexibility index (Phi) is 5.51. The fourth-order valence-electron chi connectivity index (χ4n) is 1.56. The highest BCUT2D eigenvalue weighted by Crippen LogP contribution is 2.26. The van der Waals surface area contributed by atoms with E-state index in [9.17, 15) is 13.6 Å². The fraction of sp³-hybridized carbons (Fsp3) is 0.417. The normalized spacial score (nSPS) is 12.3. The van der Waals surface area contributed by atoms with Crippen LogP contribution in [0.3, 0.4) is 0 Å². The van der Waals surface area contributed by atoms with Gasteiger partial charge in [0.05, 0.1) is 6.04 Å². The van der Waals surface area contributed by atoms with E-state index in [2.05, 4.69) is 10.1 Å². The molecule has 1 aromatic rings. The van der Waals surface area contributed by atoms with Gasteiger partial charge in [0.2, 0.25) is 5.91 Å². The largest absolute Gasteiger partial charge is 0.434 e. The molecular weight excluding hydrogens is 242 g/mol. The number of amides is 1. The summed E-state index contributed by atoms with van der Waals surface area (Å²) >= 11 is 0. The lowest BCUT2D eigenvalue weighted by Gasteiger charge is -2.17. The molecule has 100 valence electrons. The summed E-state index contributed by atoms with van der Waals surface area (Å²) in [5, 5.41) is 2.67. The fourth-order valence-corrected chi connectivity index (χ4v) is 1.56. The first-order valence-electron chi connectivity index (χ1n) is 5.57. The number of benzene rings is 1. The molecule has 1 aromatic carbocycles. The summed E-state index contributed by atoms with van der Waals surface area (Å²) in [5.74, 6) is -0.162. The zero-order valence-electron chi connectivity index (χ0n) is 10.0. The molecule has 0 aliphatic rings. The van der Waals surface area contributed by atoms with E-state index in [0.717, 1.165) is 0 Å². The molecule has 0 aliphatic heterocycles. The van der Waals surface area contributed by atoms with E-state index in [1.54, 1.807) is 25.1 Å². The third-order valence-electron chi connectivity index (χ3n) is 2.35. The van der Waals surface area contributed by atoms with Gasteiger partial charge in [-0.3, -0.25) is 4.79 Å². The van der Waals surface area contributed by atoms with E-state index in [0.29, 0.717) is 5.56 Å². The molecule has 3 N–H and O–H groups in total. The summed E-state index contributed by atoms with van der Waals surface area (Å²) in [6, 6.07) is 5.94. The Morgan fingerprint density at radius 1 is 1.44 bits per heavy atom. The molecule has 0 aromatic heterocycles. The molecule has 18 heavy (non-hydrogen) atoms. The van der Waals surface area contributed by atoms with Crippen molar-refractivity contribution < 1.29 is 18.3 Å². The van der Waals surface area contributed by atoms with Gasteiger partial charge in [-0.15, -0.1) is 0 Å². The van der Waals surface area contributed by atoms with E-state index in [-0.39, 0.29) is 24.6 Å². The van der Waals surface area contributed by atoms with E-state index in [1.165, 1.54) is 6.07 Å². The minimum Gasteiger partial charge on any atom is -0.434 e. The van der Waals surface area contributed by atoms with Crippen molar-refractivity contribution in [3.63, 3.8) is 0 Å². The summed E-state index contributed by atoms with van der Waals surface area (Å²) in [7, 11) is 0. The van der Waals surface area contributed by atoms with E-state index < -0.39 is 12.7 Å². The van der Waals surface area contributed by atoms with Crippen LogP contribution in [0.15, 0.2) is 24.3 Å². The van der Waals surface area contributed by atoms with Crippen molar-refractivity contribution in [2.24, 2.45) is 5.73 Å². The number of ether oxygens (including phenoxy) is 1. The van der Waals surface area contributed by atoms with Gasteiger partial charge in [-0.1, -0.05) is 18.2 Å². The Bertz CT molecular complexity index is 399. The summed E-state index contributed by atoms with van der Waals surface area (Å²) in [4.78, 5) is 11.4. The van der Waals surface area contributed by atoms with Crippen LogP contribution in [0.2, 0.25) is 0 Å². The predicted octanol–water partition coefficient (Wildman–Crippen LogP) is 1.81. The standard InChI is InChI=1S/C12H16F2N2O2/c1-8(16-11(17)6-7-15)9-4-2-3-5-10(9)18-12(13)14/h2-5,8,12H,6-7,15H2,1H3,(H,16,17). The first-order valence-corrected chi connectivity index (χ1v) is 5.57. The maximum Gasteiger partial charge on any atom is 0.387 e. The third kappa shape index (κ3) is 4.29. The first kappa shape index (κ1) is 14.4. The van der Waals surface area contributed by atoms with Gasteiger partial charge in [-0.25, -0.2) is 0 Å². The van der Waals surface area contributed by atoms with Crippen molar-refractivity contribution in [2.45, 2.75) is 26.0 Å². The van der Waals surface area contributed by atoms with Crippen molar-refractivity contribution in [2.75, 3.05) is 6.54 Å². The number of hydrogen-bond acceptors (Lipinski definition) is 3. The van der Waals surface area contributed by atoms with E-state index >= 15 is 0 Å². The van der Waals surface area contributed by atoms with Crippen molar-refractivity contribution in [1.82, 2.24) is 5.32 Å². The monoisotopic (exact) mass is 258 g/mol. The Hall–Kier alpha value is -1.69. The van der Waals surface area contributed by atoms with Crippen molar-refractivity contribution in [1.29, 1.82) is 0 Å². The zero-order chi connectivity index (χ0) is 13.5. The SMILES string of the molecule is CC(NC(=O)CCN)c1ccccc1OC(F)F. The lowest BCUT2D eigenvalue weighted by Crippen LogP contribution is -2.28. The lowest BCUT2D eigenvalue weighted by atomic mass is 10.1. The third-order valence-corrected chi connectivity index (χ3v) is 2.35. The summed E-state index contributed by atoms with van der Waals surface area (Å²) < 4.78 is 28.8. The lowest BCUT2D eigenvalue weighted by molar-refractivity contribution is -0.121. The molecule has 1 amide bonds. The average molecular weight is 258 g/mol. The van der Waals surface area contributed by atoms with Gasteiger partial charge in [0.25, 0.3) is 0 Å². The minimum atomic E-state index is -2.89. The maximum atomic E-state index is 12.2. The molecule has 0 bridgehead atoms. The van der Waals surface area contributed by atoms with Crippen LogP contribution in [-0.2, 0) is 4.79 Å². The molecule has 0 fully saturated rings. The van der Waals surface area contributed by atoms with Gasteiger partial charge >= 0.3 is 6.61 Å². The zero-order valence-corrected chi connectivity index (χ0v) is 10.0. The number of halogens is 2. The molecule has 0 saturated heterocycles. The van der Waals surface area contributed by atoms with Crippen molar-refractivity contribution in [3.05, 3.63) is 29.8 Å². The van der Waals surface area contributed by atoms with Crippen molar-refractivity contribution in [3.8, 4) is 5.75 Å². The second-order valence-electron chi connectivity index (χ2n) is 3.74. The second-order valence-corrected chi connectivity index (χ2v) is 3.74. The average Bonchev–Trinajstić information content (AvgIpc) is 2.28. The molecule has 0 saturated carbocycles. The Morgan fingerprint density at radius 3 is 2.72 bits per heavy atom.